The number of aryl methyl sites for hydroxylation is 1. The number of sulfone groups is 1. The number of hydrogen-bond donors (Lipinski definition) is 0. The predicted molar refractivity (Wildman–Crippen MR) is 106 cm³/mol. The molecule has 9 heteroatoms. The molecule has 0 N–H and O–H groups in total. The molecule has 7 nitrogen and oxygen atoms in total. The van der Waals surface area contributed by atoms with E-state index in [-0.39, 0.29) is 12.2 Å². The summed E-state index contributed by atoms with van der Waals surface area (Å²) in [6.45, 7) is 3.54. The Morgan fingerprint density at radius 1 is 1.27 bits per heavy atom. The van der Waals surface area contributed by atoms with Gasteiger partial charge in [-0.3, -0.25) is 0 Å². The van der Waals surface area contributed by atoms with Crippen molar-refractivity contribution in [2.24, 2.45) is 0 Å². The van der Waals surface area contributed by atoms with Crippen LogP contribution in [-0.4, -0.2) is 54.6 Å². The molecule has 4 heterocycles. The average molecular weight is 488 g/mol. The van der Waals surface area contributed by atoms with Crippen LogP contribution in [0.5, 0.6) is 0 Å². The Morgan fingerprint density at radius 2 is 1.92 bits per heavy atom. The fourth-order valence-electron chi connectivity index (χ4n) is 4.43. The van der Waals surface area contributed by atoms with Crippen LogP contribution in [0.25, 0.3) is 5.52 Å². The van der Waals surface area contributed by atoms with Crippen molar-refractivity contribution in [3.8, 4) is 0 Å². The van der Waals surface area contributed by atoms with Crippen molar-refractivity contribution in [2.75, 3.05) is 24.2 Å². The minimum atomic E-state index is -3.22. The number of rotatable bonds is 3. The third-order valence-corrected chi connectivity index (χ3v) is 8.78. The van der Waals surface area contributed by atoms with E-state index >= 15 is 0 Å². The molecule has 2 aromatic heterocycles. The summed E-state index contributed by atoms with van der Waals surface area (Å²) >= 11 is 2.18. The first kappa shape index (κ1) is 17.2. The lowest BCUT2D eigenvalue weighted by Gasteiger charge is -2.33. The summed E-state index contributed by atoms with van der Waals surface area (Å²) in [5.74, 6) is 1.62. The van der Waals surface area contributed by atoms with E-state index in [1.807, 2.05) is 17.5 Å². The van der Waals surface area contributed by atoms with E-state index < -0.39 is 14.6 Å². The van der Waals surface area contributed by atoms with Gasteiger partial charge in [-0.1, -0.05) is 0 Å². The van der Waals surface area contributed by atoms with Crippen LogP contribution in [0, 0.1) is 10.6 Å². The first-order valence-electron chi connectivity index (χ1n) is 8.95. The first-order chi connectivity index (χ1) is 12.3. The molecule has 3 fully saturated rings. The van der Waals surface area contributed by atoms with Gasteiger partial charge in [0.05, 0.1) is 17.0 Å². The molecule has 0 aromatic carbocycles. The van der Waals surface area contributed by atoms with Gasteiger partial charge in [0, 0.05) is 24.9 Å². The zero-order valence-electron chi connectivity index (χ0n) is 14.8. The summed E-state index contributed by atoms with van der Waals surface area (Å²) in [4.78, 5) is 6.80. The lowest BCUT2D eigenvalue weighted by atomic mass is 10.1. The van der Waals surface area contributed by atoms with E-state index in [1.165, 1.54) is 6.26 Å². The van der Waals surface area contributed by atoms with E-state index in [2.05, 4.69) is 32.5 Å². The molecule has 1 aliphatic carbocycles. The van der Waals surface area contributed by atoms with E-state index in [4.69, 9.17) is 9.84 Å². The van der Waals surface area contributed by atoms with Gasteiger partial charge in [-0.2, -0.15) is 0 Å². The second kappa shape index (κ2) is 5.54. The maximum atomic E-state index is 12.6. The van der Waals surface area contributed by atoms with Crippen LogP contribution in [-0.2, 0) is 19.3 Å². The van der Waals surface area contributed by atoms with Gasteiger partial charge in [0.2, 0.25) is 0 Å². The van der Waals surface area contributed by atoms with Crippen molar-refractivity contribution in [1.82, 2.24) is 14.6 Å². The van der Waals surface area contributed by atoms with Crippen LogP contribution in [0.4, 0.5) is 5.82 Å². The smallest absolute Gasteiger partial charge is 0.157 e. The molecule has 2 unspecified atom stereocenters. The highest BCUT2D eigenvalue weighted by molar-refractivity contribution is 14.1. The number of morpholine rings is 1. The molecule has 1 saturated carbocycles. The monoisotopic (exact) mass is 488 g/mol. The van der Waals surface area contributed by atoms with E-state index in [1.54, 1.807) is 0 Å². The third-order valence-electron chi connectivity index (χ3n) is 5.98. The number of anilines is 1. The van der Waals surface area contributed by atoms with Crippen molar-refractivity contribution in [3.63, 3.8) is 0 Å². The lowest BCUT2D eigenvalue weighted by Crippen LogP contribution is -2.43. The predicted octanol–water partition coefficient (Wildman–Crippen LogP) is 2.04. The Bertz CT molecular complexity index is 1000. The van der Waals surface area contributed by atoms with Gasteiger partial charge in [-0.15, -0.1) is 5.10 Å². The molecule has 2 bridgehead atoms. The van der Waals surface area contributed by atoms with Gasteiger partial charge in [0.15, 0.2) is 9.84 Å². The van der Waals surface area contributed by atoms with Crippen molar-refractivity contribution >= 4 is 43.8 Å². The normalized spacial score (nSPS) is 27.3. The van der Waals surface area contributed by atoms with Crippen LogP contribution in [0.15, 0.2) is 6.07 Å². The van der Waals surface area contributed by atoms with Crippen LogP contribution < -0.4 is 4.90 Å². The molecule has 2 saturated heterocycles. The van der Waals surface area contributed by atoms with Gasteiger partial charge >= 0.3 is 0 Å². The second-order valence-corrected chi connectivity index (χ2v) is 11.1. The number of aromatic nitrogens is 3. The van der Waals surface area contributed by atoms with E-state index in [9.17, 15) is 8.42 Å². The highest BCUT2D eigenvalue weighted by Crippen LogP contribution is 2.54. The highest BCUT2D eigenvalue weighted by Gasteiger charge is 2.55. The molecule has 3 aliphatic rings. The molecule has 0 radical (unpaired) electrons. The van der Waals surface area contributed by atoms with Gasteiger partial charge in [-0.05, 0) is 61.3 Å². The van der Waals surface area contributed by atoms with Crippen molar-refractivity contribution in [1.29, 1.82) is 0 Å². The lowest BCUT2D eigenvalue weighted by molar-refractivity contribution is 0.0301. The van der Waals surface area contributed by atoms with E-state index in [0.717, 1.165) is 52.4 Å². The molecular formula is C17H21IN4O3S. The molecule has 2 aromatic rings. The van der Waals surface area contributed by atoms with Crippen molar-refractivity contribution in [3.05, 3.63) is 21.2 Å². The van der Waals surface area contributed by atoms with Gasteiger partial charge in [-0.25, -0.2) is 17.9 Å². The Hall–Kier alpha value is -0.940. The standard InChI is InChI=1S/C17H21IN4O3S/c1-10-19-16(18)15-13(17(5-6-17)26(2,23)24)7-14(20-22(10)15)21-8-11-3-4-12(9-21)25-11/h7,11-12H,3-6,8-9H2,1-2H3. The summed E-state index contributed by atoms with van der Waals surface area (Å²) in [5.41, 5.74) is 1.69. The molecule has 2 atom stereocenters. The molecule has 2 aliphatic heterocycles. The Labute approximate surface area is 166 Å². The summed E-state index contributed by atoms with van der Waals surface area (Å²) in [6.07, 6.45) is 5.37. The largest absolute Gasteiger partial charge is 0.371 e. The van der Waals surface area contributed by atoms with E-state index in [0.29, 0.717) is 12.8 Å². The molecule has 0 spiro atoms. The van der Waals surface area contributed by atoms with Gasteiger partial charge in [0.1, 0.15) is 20.9 Å². The highest BCUT2D eigenvalue weighted by atomic mass is 127. The average Bonchev–Trinajstić information content (AvgIpc) is 3.27. The molecule has 26 heavy (non-hydrogen) atoms. The number of ether oxygens (including phenoxy) is 1. The van der Waals surface area contributed by atoms with Crippen LogP contribution in [0.3, 0.4) is 0 Å². The zero-order chi connectivity index (χ0) is 18.3. The Balaban J connectivity index is 1.71. The SMILES string of the molecule is Cc1nc(I)c2c(C3(S(C)(=O)=O)CC3)cc(N3CC4CCC(C3)O4)nn12. The Kier molecular flexibility index (Phi) is 3.66. The molecular weight excluding hydrogens is 467 g/mol. The number of fused-ring (bicyclic) bond motifs is 3. The number of halogens is 1. The summed E-state index contributed by atoms with van der Waals surface area (Å²) in [5, 5.41) is 4.82. The van der Waals surface area contributed by atoms with Crippen LogP contribution >= 0.6 is 22.6 Å². The molecule has 0 amide bonds. The minimum absolute atomic E-state index is 0.253. The Morgan fingerprint density at radius 3 is 2.50 bits per heavy atom. The minimum Gasteiger partial charge on any atom is -0.371 e. The number of nitrogens with zero attached hydrogens (tertiary/aromatic N) is 4. The van der Waals surface area contributed by atoms with Crippen LogP contribution in [0.2, 0.25) is 0 Å². The third kappa shape index (κ3) is 2.42. The molecule has 5 rings (SSSR count). The fraction of sp³-hybridized carbons (Fsp3) is 0.647. The van der Waals surface area contributed by atoms with Gasteiger partial charge < -0.3 is 9.64 Å². The number of hydrogen-bond acceptors (Lipinski definition) is 6. The maximum Gasteiger partial charge on any atom is 0.157 e. The molecule has 140 valence electrons. The van der Waals surface area contributed by atoms with Crippen LogP contribution in [0.1, 0.15) is 37.1 Å². The first-order valence-corrected chi connectivity index (χ1v) is 11.9. The zero-order valence-corrected chi connectivity index (χ0v) is 17.7. The summed E-state index contributed by atoms with van der Waals surface area (Å²) < 4.78 is 33.0. The number of imidazole rings is 1. The fourth-order valence-corrected chi connectivity index (χ4v) is 6.69. The van der Waals surface area contributed by atoms with Gasteiger partial charge in [0.25, 0.3) is 0 Å². The van der Waals surface area contributed by atoms with Crippen molar-refractivity contribution in [2.45, 2.75) is 49.6 Å². The summed E-state index contributed by atoms with van der Waals surface area (Å²) in [7, 11) is -3.22. The topological polar surface area (TPSA) is 76.8 Å². The quantitative estimate of drug-likeness (QED) is 0.616. The maximum absolute atomic E-state index is 12.6. The second-order valence-electron chi connectivity index (χ2n) is 7.76. The van der Waals surface area contributed by atoms with Crippen molar-refractivity contribution < 1.29 is 13.2 Å². The summed E-state index contributed by atoms with van der Waals surface area (Å²) in [6, 6.07) is 2.00.